The van der Waals surface area contributed by atoms with E-state index in [-0.39, 0.29) is 16.0 Å². The fraction of sp³-hybridized carbons (Fsp3) is 0.294. The molecular weight excluding hydrogens is 314 g/mol. The lowest BCUT2D eigenvalue weighted by Gasteiger charge is -2.19. The Balaban J connectivity index is 2.57. The van der Waals surface area contributed by atoms with Gasteiger partial charge < -0.3 is 0 Å². The predicted octanol–water partition coefficient (Wildman–Crippen LogP) is 3.96. The van der Waals surface area contributed by atoms with Crippen molar-refractivity contribution in [3.05, 3.63) is 58.1 Å². The Kier molecular flexibility index (Phi) is 4.30. The number of benzene rings is 2. The number of rotatable bonds is 3. The van der Waals surface area contributed by atoms with E-state index in [1.807, 2.05) is 26.8 Å². The van der Waals surface area contributed by atoms with E-state index in [9.17, 15) is 18.5 Å². The fourth-order valence-corrected chi connectivity index (χ4v) is 2.91. The van der Waals surface area contributed by atoms with Crippen LogP contribution in [-0.4, -0.2) is 19.6 Å². The summed E-state index contributed by atoms with van der Waals surface area (Å²) in [5, 5.41) is 11.4. The zero-order chi connectivity index (χ0) is 17.4. The molecular formula is C17H19NO4S. The average molecular weight is 333 g/mol. The minimum Gasteiger partial charge on any atom is -0.258 e. The summed E-state index contributed by atoms with van der Waals surface area (Å²) in [6.07, 6.45) is 1.13. The standard InChI is InChI=1S/C17H19NO4S/c1-17(2,3)13-7-10-15(16(11-13)18(19)20)12-5-8-14(9-6-12)23(4,21)22/h5-11H,1-4H3. The van der Waals surface area contributed by atoms with E-state index >= 15 is 0 Å². The van der Waals surface area contributed by atoms with Crippen LogP contribution in [0.1, 0.15) is 26.3 Å². The van der Waals surface area contributed by atoms with E-state index in [4.69, 9.17) is 0 Å². The maximum atomic E-state index is 11.5. The highest BCUT2D eigenvalue weighted by molar-refractivity contribution is 7.90. The van der Waals surface area contributed by atoms with Crippen LogP contribution in [0.25, 0.3) is 11.1 Å². The van der Waals surface area contributed by atoms with Crippen molar-refractivity contribution in [1.29, 1.82) is 0 Å². The van der Waals surface area contributed by atoms with Gasteiger partial charge in [0.05, 0.1) is 15.4 Å². The third kappa shape index (κ3) is 3.76. The molecule has 0 saturated carbocycles. The summed E-state index contributed by atoms with van der Waals surface area (Å²) in [6, 6.07) is 11.3. The van der Waals surface area contributed by atoms with E-state index in [0.717, 1.165) is 11.8 Å². The molecule has 0 aliphatic heterocycles. The van der Waals surface area contributed by atoms with Gasteiger partial charge in [0, 0.05) is 12.3 Å². The summed E-state index contributed by atoms with van der Waals surface area (Å²) in [5.41, 5.74) is 1.79. The first-order chi connectivity index (χ1) is 10.5. The van der Waals surface area contributed by atoms with Crippen LogP contribution in [0.5, 0.6) is 0 Å². The Morgan fingerprint density at radius 1 is 1.00 bits per heavy atom. The maximum absolute atomic E-state index is 11.5. The first-order valence-corrected chi connectivity index (χ1v) is 8.99. The van der Waals surface area contributed by atoms with E-state index in [0.29, 0.717) is 11.1 Å². The first-order valence-electron chi connectivity index (χ1n) is 7.09. The second kappa shape index (κ2) is 5.77. The highest BCUT2D eigenvalue weighted by Crippen LogP contribution is 2.34. The van der Waals surface area contributed by atoms with Gasteiger partial charge in [-0.05, 0) is 34.7 Å². The fourth-order valence-electron chi connectivity index (χ4n) is 2.28. The lowest BCUT2D eigenvalue weighted by atomic mass is 9.85. The Labute approximate surface area is 136 Å². The molecule has 0 unspecified atom stereocenters. The van der Waals surface area contributed by atoms with Crippen molar-refractivity contribution in [2.45, 2.75) is 31.1 Å². The van der Waals surface area contributed by atoms with Crippen molar-refractivity contribution in [2.24, 2.45) is 0 Å². The molecule has 0 bridgehead atoms. The molecule has 0 atom stereocenters. The minimum atomic E-state index is -3.29. The van der Waals surface area contributed by atoms with Crippen LogP contribution in [0.15, 0.2) is 47.4 Å². The molecule has 0 fully saturated rings. The second-order valence-corrected chi connectivity index (χ2v) is 8.55. The smallest absolute Gasteiger partial charge is 0.258 e. The molecule has 0 amide bonds. The molecule has 0 radical (unpaired) electrons. The lowest BCUT2D eigenvalue weighted by molar-refractivity contribution is -0.384. The molecule has 0 saturated heterocycles. The molecule has 0 spiro atoms. The summed E-state index contributed by atoms with van der Waals surface area (Å²) in [7, 11) is -3.29. The highest BCUT2D eigenvalue weighted by Gasteiger charge is 2.21. The van der Waals surface area contributed by atoms with Gasteiger partial charge in [0.1, 0.15) is 0 Å². The van der Waals surface area contributed by atoms with Crippen LogP contribution in [0.2, 0.25) is 0 Å². The number of nitro groups is 1. The van der Waals surface area contributed by atoms with Crippen molar-refractivity contribution in [1.82, 2.24) is 0 Å². The van der Waals surface area contributed by atoms with Gasteiger partial charge in [0.2, 0.25) is 0 Å². The van der Waals surface area contributed by atoms with Gasteiger partial charge in [-0.25, -0.2) is 8.42 Å². The number of hydrogen-bond donors (Lipinski definition) is 0. The number of nitrogens with zero attached hydrogens (tertiary/aromatic N) is 1. The van der Waals surface area contributed by atoms with Gasteiger partial charge in [0.15, 0.2) is 9.84 Å². The summed E-state index contributed by atoms with van der Waals surface area (Å²) >= 11 is 0. The molecule has 2 aromatic carbocycles. The van der Waals surface area contributed by atoms with Crippen LogP contribution in [0.4, 0.5) is 5.69 Å². The zero-order valence-corrected chi connectivity index (χ0v) is 14.3. The van der Waals surface area contributed by atoms with Crippen LogP contribution in [0, 0.1) is 10.1 Å². The number of sulfone groups is 1. The molecule has 0 aromatic heterocycles. The van der Waals surface area contributed by atoms with Crippen LogP contribution in [0.3, 0.4) is 0 Å². The number of nitro benzene ring substituents is 1. The van der Waals surface area contributed by atoms with E-state index in [1.165, 1.54) is 12.1 Å². The van der Waals surface area contributed by atoms with Crippen molar-refractivity contribution >= 4 is 15.5 Å². The van der Waals surface area contributed by atoms with Crippen molar-refractivity contribution in [2.75, 3.05) is 6.26 Å². The molecule has 23 heavy (non-hydrogen) atoms. The lowest BCUT2D eigenvalue weighted by Crippen LogP contribution is -2.11. The Morgan fingerprint density at radius 2 is 1.57 bits per heavy atom. The van der Waals surface area contributed by atoms with E-state index in [2.05, 4.69) is 0 Å². The van der Waals surface area contributed by atoms with E-state index < -0.39 is 14.8 Å². The Hall–Kier alpha value is -2.21. The zero-order valence-electron chi connectivity index (χ0n) is 13.5. The second-order valence-electron chi connectivity index (χ2n) is 6.54. The van der Waals surface area contributed by atoms with Crippen molar-refractivity contribution < 1.29 is 13.3 Å². The predicted molar refractivity (Wildman–Crippen MR) is 90.3 cm³/mol. The summed E-state index contributed by atoms with van der Waals surface area (Å²) < 4.78 is 23.0. The van der Waals surface area contributed by atoms with Gasteiger partial charge in [-0.1, -0.05) is 39.0 Å². The molecule has 122 valence electrons. The Morgan fingerprint density at radius 3 is 2.00 bits per heavy atom. The average Bonchev–Trinajstić information content (AvgIpc) is 2.45. The maximum Gasteiger partial charge on any atom is 0.277 e. The van der Waals surface area contributed by atoms with Crippen molar-refractivity contribution in [3.8, 4) is 11.1 Å². The molecule has 2 rings (SSSR count). The van der Waals surface area contributed by atoms with Gasteiger partial charge >= 0.3 is 0 Å². The first kappa shape index (κ1) is 17.1. The Bertz CT molecular complexity index is 847. The normalized spacial score (nSPS) is 12.2. The number of hydrogen-bond acceptors (Lipinski definition) is 4. The summed E-state index contributed by atoms with van der Waals surface area (Å²) in [4.78, 5) is 11.2. The van der Waals surface area contributed by atoms with Gasteiger partial charge in [-0.3, -0.25) is 10.1 Å². The topological polar surface area (TPSA) is 77.3 Å². The molecule has 2 aromatic rings. The van der Waals surface area contributed by atoms with Crippen LogP contribution < -0.4 is 0 Å². The monoisotopic (exact) mass is 333 g/mol. The van der Waals surface area contributed by atoms with Gasteiger partial charge in [-0.15, -0.1) is 0 Å². The molecule has 0 aliphatic rings. The largest absolute Gasteiger partial charge is 0.277 e. The third-order valence-electron chi connectivity index (χ3n) is 3.65. The molecule has 6 heteroatoms. The highest BCUT2D eigenvalue weighted by atomic mass is 32.2. The summed E-state index contributed by atoms with van der Waals surface area (Å²) in [5.74, 6) is 0. The van der Waals surface area contributed by atoms with Crippen molar-refractivity contribution in [3.63, 3.8) is 0 Å². The summed E-state index contributed by atoms with van der Waals surface area (Å²) in [6.45, 7) is 5.98. The quantitative estimate of drug-likeness (QED) is 0.629. The van der Waals surface area contributed by atoms with E-state index in [1.54, 1.807) is 24.3 Å². The minimum absolute atomic E-state index is 0.0181. The molecule has 0 heterocycles. The van der Waals surface area contributed by atoms with Crippen LogP contribution >= 0.6 is 0 Å². The van der Waals surface area contributed by atoms with Gasteiger partial charge in [-0.2, -0.15) is 0 Å². The third-order valence-corrected chi connectivity index (χ3v) is 4.78. The SMILES string of the molecule is CC(C)(C)c1ccc(-c2ccc(S(C)(=O)=O)cc2)c([N+](=O)[O-])c1. The molecule has 0 aliphatic carbocycles. The van der Waals surface area contributed by atoms with Crippen LogP contribution in [-0.2, 0) is 15.3 Å². The molecule has 0 N–H and O–H groups in total. The van der Waals surface area contributed by atoms with Gasteiger partial charge in [0.25, 0.3) is 5.69 Å². The molecule has 5 nitrogen and oxygen atoms in total.